The van der Waals surface area contributed by atoms with Crippen LogP contribution in [-0.4, -0.2) is 80.3 Å². The minimum Gasteiger partial charge on any atom is -0.493 e. The molecule has 0 unspecified atom stereocenters. The van der Waals surface area contributed by atoms with Crippen molar-refractivity contribution in [2.24, 2.45) is 0 Å². The molecule has 3 aromatic carbocycles. The molecule has 278 valence electrons. The highest BCUT2D eigenvalue weighted by atomic mass is 32.2. The normalized spacial score (nSPS) is 12.3. The molecule has 0 aliphatic carbocycles. The summed E-state index contributed by atoms with van der Waals surface area (Å²) in [7, 11) is 9.35. The quantitative estimate of drug-likeness (QED) is 0.0611. The molecule has 0 fully saturated rings. The summed E-state index contributed by atoms with van der Waals surface area (Å²) in [6.45, 7) is 12.4. The second-order valence-electron chi connectivity index (χ2n) is 14.6. The summed E-state index contributed by atoms with van der Waals surface area (Å²) >= 11 is 1.17. The number of hydrogen-bond acceptors (Lipinski definition) is 7. The van der Waals surface area contributed by atoms with Crippen molar-refractivity contribution in [2.45, 2.75) is 69.5 Å². The van der Waals surface area contributed by atoms with E-state index in [0.29, 0.717) is 47.8 Å². The summed E-state index contributed by atoms with van der Waals surface area (Å²) < 4.78 is 69.9. The van der Waals surface area contributed by atoms with Gasteiger partial charge in [0.2, 0.25) is 0 Å². The molecule has 0 bridgehead atoms. The molecule has 51 heavy (non-hydrogen) atoms. The lowest BCUT2D eigenvalue weighted by Gasteiger charge is -2.45. The van der Waals surface area contributed by atoms with Crippen molar-refractivity contribution < 1.29 is 36.6 Å². The van der Waals surface area contributed by atoms with Crippen molar-refractivity contribution in [1.29, 1.82) is 0 Å². The van der Waals surface area contributed by atoms with E-state index in [0.717, 1.165) is 23.1 Å². The van der Waals surface area contributed by atoms with Gasteiger partial charge in [-0.3, -0.25) is 4.57 Å². The Morgan fingerprint density at radius 2 is 1.51 bits per heavy atom. The van der Waals surface area contributed by atoms with Crippen LogP contribution in [0.2, 0.25) is 0 Å². The van der Waals surface area contributed by atoms with Gasteiger partial charge in [-0.05, 0) is 71.0 Å². The summed E-state index contributed by atoms with van der Waals surface area (Å²) in [4.78, 5) is 6.49. The average molecular weight is 730 g/mol. The van der Waals surface area contributed by atoms with Gasteiger partial charge in [0.1, 0.15) is 29.0 Å². The molecule has 0 atom stereocenters. The second kappa shape index (κ2) is 16.6. The minimum absolute atomic E-state index is 0.0324. The van der Waals surface area contributed by atoms with Crippen molar-refractivity contribution in [3.8, 4) is 22.9 Å². The maximum Gasteiger partial charge on any atom is 0.174 e. The van der Waals surface area contributed by atoms with E-state index < -0.39 is 11.6 Å². The highest BCUT2D eigenvalue weighted by molar-refractivity contribution is 7.98. The smallest absolute Gasteiger partial charge is 0.174 e. The third-order valence-electron chi connectivity index (χ3n) is 9.37. The standard InChI is InChI=1S/C39H52F3N4O4S/c1-38(2,3)50-21-18-39(4,5)46(7,8)19-11-20-49-30-23-32(41)31(33(42)24-30)26-51-37-43-25-36(45(37)28-14-12-27(40)13-15-28)44(6)29-16-17-34(47-9)35(22-29)48-10/h12-17,22-25H,11,18-21,26H2,1-10H3/q+1. The number of methoxy groups -OCH3 is 2. The summed E-state index contributed by atoms with van der Waals surface area (Å²) in [6.07, 6.45) is 3.27. The third-order valence-corrected chi connectivity index (χ3v) is 10.4. The molecule has 0 radical (unpaired) electrons. The Kier molecular flexibility index (Phi) is 13.0. The number of aromatic nitrogens is 2. The summed E-state index contributed by atoms with van der Waals surface area (Å²) in [5, 5.41) is 0.469. The topological polar surface area (TPSA) is 58.0 Å². The van der Waals surface area contributed by atoms with Crippen LogP contribution in [-0.2, 0) is 10.5 Å². The predicted molar refractivity (Wildman–Crippen MR) is 199 cm³/mol. The number of ether oxygens (including phenoxy) is 4. The fraction of sp³-hybridized carbons (Fsp3) is 0.462. The number of hydrogen-bond donors (Lipinski definition) is 0. The van der Waals surface area contributed by atoms with Crippen LogP contribution in [0.3, 0.4) is 0 Å². The number of thioether (sulfide) groups is 1. The van der Waals surface area contributed by atoms with E-state index in [4.69, 9.17) is 18.9 Å². The first-order valence-electron chi connectivity index (χ1n) is 17.0. The number of rotatable bonds is 17. The molecule has 1 heterocycles. The molecule has 4 aromatic rings. The number of quaternary nitrogens is 1. The monoisotopic (exact) mass is 729 g/mol. The van der Waals surface area contributed by atoms with Crippen molar-refractivity contribution in [3.63, 3.8) is 0 Å². The molecule has 1 aromatic heterocycles. The summed E-state index contributed by atoms with van der Waals surface area (Å²) in [6, 6.07) is 13.9. The van der Waals surface area contributed by atoms with Crippen molar-refractivity contribution in [1.82, 2.24) is 9.55 Å². The first kappa shape index (κ1) is 39.9. The van der Waals surface area contributed by atoms with Crippen LogP contribution in [0.15, 0.2) is 66.0 Å². The Balaban J connectivity index is 1.45. The molecule has 4 rings (SSSR count). The van der Waals surface area contributed by atoms with E-state index in [1.165, 1.54) is 36.0 Å². The van der Waals surface area contributed by atoms with Gasteiger partial charge in [-0.2, -0.15) is 0 Å². The van der Waals surface area contributed by atoms with E-state index in [1.54, 1.807) is 38.6 Å². The summed E-state index contributed by atoms with van der Waals surface area (Å²) in [5.74, 6) is 0.106. The van der Waals surface area contributed by atoms with Crippen LogP contribution < -0.4 is 19.1 Å². The van der Waals surface area contributed by atoms with Gasteiger partial charge in [-0.1, -0.05) is 11.8 Å². The lowest BCUT2D eigenvalue weighted by Crippen LogP contribution is -2.57. The molecular formula is C39H52F3N4O4S+. The van der Waals surface area contributed by atoms with Gasteiger partial charge in [-0.25, -0.2) is 18.2 Å². The van der Waals surface area contributed by atoms with Crippen molar-refractivity contribution >= 4 is 23.3 Å². The van der Waals surface area contributed by atoms with Crippen LogP contribution in [0.5, 0.6) is 17.2 Å². The fourth-order valence-corrected chi connectivity index (χ4v) is 6.47. The highest BCUT2D eigenvalue weighted by Crippen LogP contribution is 2.37. The molecule has 0 amide bonds. The zero-order valence-corrected chi connectivity index (χ0v) is 32.3. The largest absolute Gasteiger partial charge is 0.493 e. The molecule has 0 saturated heterocycles. The van der Waals surface area contributed by atoms with Gasteiger partial charge in [0, 0.05) is 60.8 Å². The van der Waals surface area contributed by atoms with Gasteiger partial charge in [0.05, 0.1) is 65.4 Å². The van der Waals surface area contributed by atoms with E-state index in [1.807, 2.05) is 28.6 Å². The Hall–Kier alpha value is -3.87. The van der Waals surface area contributed by atoms with E-state index in [-0.39, 0.29) is 34.0 Å². The maximum absolute atomic E-state index is 15.4. The Bertz CT molecular complexity index is 1730. The lowest BCUT2D eigenvalue weighted by molar-refractivity contribution is -0.938. The predicted octanol–water partition coefficient (Wildman–Crippen LogP) is 9.20. The number of nitrogens with zero attached hydrogens (tertiary/aromatic N) is 4. The Morgan fingerprint density at radius 1 is 0.863 bits per heavy atom. The average Bonchev–Trinajstić information content (AvgIpc) is 3.49. The molecule has 8 nitrogen and oxygen atoms in total. The fourth-order valence-electron chi connectivity index (χ4n) is 5.46. The molecular weight excluding hydrogens is 678 g/mol. The van der Waals surface area contributed by atoms with E-state index >= 15 is 8.78 Å². The van der Waals surface area contributed by atoms with Crippen molar-refractivity contribution in [3.05, 3.63) is 83.8 Å². The molecule has 0 saturated carbocycles. The van der Waals surface area contributed by atoms with Gasteiger partial charge < -0.3 is 28.3 Å². The number of anilines is 2. The third kappa shape index (κ3) is 10.1. The van der Waals surface area contributed by atoms with Crippen LogP contribution in [0.25, 0.3) is 5.69 Å². The molecule has 0 aliphatic rings. The van der Waals surface area contributed by atoms with Crippen LogP contribution in [0, 0.1) is 17.5 Å². The zero-order chi connectivity index (χ0) is 37.6. The van der Waals surface area contributed by atoms with E-state index in [9.17, 15) is 4.39 Å². The number of imidazole rings is 1. The lowest BCUT2D eigenvalue weighted by atomic mass is 9.96. The van der Waals surface area contributed by atoms with Crippen LogP contribution >= 0.6 is 11.8 Å². The molecule has 0 N–H and O–H groups in total. The van der Waals surface area contributed by atoms with Gasteiger partial charge in [-0.15, -0.1) is 0 Å². The second-order valence-corrected chi connectivity index (χ2v) is 15.5. The van der Waals surface area contributed by atoms with Crippen molar-refractivity contribution in [2.75, 3.05) is 60.0 Å². The molecule has 12 heteroatoms. The van der Waals surface area contributed by atoms with Crippen LogP contribution in [0.4, 0.5) is 24.7 Å². The van der Waals surface area contributed by atoms with Gasteiger partial charge in [0.25, 0.3) is 0 Å². The van der Waals surface area contributed by atoms with Gasteiger partial charge in [0.15, 0.2) is 16.7 Å². The first-order valence-corrected chi connectivity index (χ1v) is 17.9. The number of benzene rings is 3. The SMILES string of the molecule is COc1ccc(N(C)c2cnc(SCc3c(F)cc(OCCC[N+](C)(C)C(C)(C)CCOC(C)(C)C)cc3F)n2-c2ccc(F)cc2)cc1OC. The minimum atomic E-state index is -0.698. The molecule has 0 aliphatic heterocycles. The highest BCUT2D eigenvalue weighted by Gasteiger charge is 2.36. The van der Waals surface area contributed by atoms with Gasteiger partial charge >= 0.3 is 0 Å². The maximum atomic E-state index is 15.4. The number of halogens is 3. The Morgan fingerprint density at radius 3 is 2.12 bits per heavy atom. The molecule has 0 spiro atoms. The van der Waals surface area contributed by atoms with Crippen LogP contribution in [0.1, 0.15) is 53.0 Å². The summed E-state index contributed by atoms with van der Waals surface area (Å²) in [5.41, 5.74) is 1.10. The Labute approximate surface area is 305 Å². The van der Waals surface area contributed by atoms with E-state index in [2.05, 4.69) is 53.7 Å². The zero-order valence-electron chi connectivity index (χ0n) is 31.5. The first-order chi connectivity index (χ1) is 24.0.